The summed E-state index contributed by atoms with van der Waals surface area (Å²) in [5.41, 5.74) is 2.38. The van der Waals surface area contributed by atoms with E-state index in [1.54, 1.807) is 19.9 Å². The van der Waals surface area contributed by atoms with Crippen molar-refractivity contribution < 1.29 is 12.8 Å². The molecule has 0 aliphatic heterocycles. The molecule has 0 aliphatic carbocycles. The molecule has 0 bridgehead atoms. The zero-order chi connectivity index (χ0) is 21.3. The topological polar surface area (TPSA) is 82.6 Å². The van der Waals surface area contributed by atoms with E-state index in [9.17, 15) is 12.8 Å². The molecule has 0 saturated heterocycles. The van der Waals surface area contributed by atoms with E-state index >= 15 is 0 Å². The standard InChI is InChI=1S/C21H29FN4O2S.HI/c1-4-23-21(24-13-17-8-7-11-20(22)12-17)25-14-18-9-5-6-10-19(18)15-29(27,28)26-16(2)3;/h5-12,16,26H,4,13-15H2,1-3H3,(H2,23,24,25);1H. The van der Waals surface area contributed by atoms with Crippen LogP contribution in [-0.2, 0) is 28.9 Å². The van der Waals surface area contributed by atoms with Crippen LogP contribution in [-0.4, -0.2) is 27.0 Å². The van der Waals surface area contributed by atoms with Crippen molar-refractivity contribution in [3.8, 4) is 0 Å². The van der Waals surface area contributed by atoms with Crippen molar-refractivity contribution in [2.75, 3.05) is 6.54 Å². The van der Waals surface area contributed by atoms with E-state index in [0.717, 1.165) is 16.7 Å². The molecule has 2 aromatic rings. The number of rotatable bonds is 9. The smallest absolute Gasteiger partial charge is 0.216 e. The Balaban J connectivity index is 0.00000450. The Morgan fingerprint density at radius 1 is 1.07 bits per heavy atom. The van der Waals surface area contributed by atoms with Gasteiger partial charge in [0, 0.05) is 19.1 Å². The predicted octanol–water partition coefficient (Wildman–Crippen LogP) is 3.53. The van der Waals surface area contributed by atoms with Crippen LogP contribution in [0.3, 0.4) is 0 Å². The van der Waals surface area contributed by atoms with Crippen LogP contribution in [0.15, 0.2) is 53.5 Å². The van der Waals surface area contributed by atoms with Crippen LogP contribution in [0, 0.1) is 5.82 Å². The van der Waals surface area contributed by atoms with Crippen LogP contribution in [0.25, 0.3) is 0 Å². The lowest BCUT2D eigenvalue weighted by Gasteiger charge is -2.15. The largest absolute Gasteiger partial charge is 0.357 e. The predicted molar refractivity (Wildman–Crippen MR) is 131 cm³/mol. The van der Waals surface area contributed by atoms with E-state index in [1.165, 1.54) is 12.1 Å². The third-order valence-corrected chi connectivity index (χ3v) is 5.50. The molecule has 3 N–H and O–H groups in total. The lowest BCUT2D eigenvalue weighted by Crippen LogP contribution is -2.37. The first-order valence-corrected chi connectivity index (χ1v) is 11.3. The first-order valence-electron chi connectivity index (χ1n) is 9.62. The first kappa shape index (κ1) is 26.3. The van der Waals surface area contributed by atoms with E-state index in [2.05, 4.69) is 20.3 Å². The van der Waals surface area contributed by atoms with Crippen molar-refractivity contribution in [3.05, 3.63) is 71.0 Å². The van der Waals surface area contributed by atoms with E-state index in [-0.39, 0.29) is 41.6 Å². The van der Waals surface area contributed by atoms with Crippen molar-refractivity contribution in [2.24, 2.45) is 4.99 Å². The second-order valence-electron chi connectivity index (χ2n) is 6.98. The van der Waals surface area contributed by atoms with Gasteiger partial charge >= 0.3 is 0 Å². The van der Waals surface area contributed by atoms with Gasteiger partial charge in [-0.3, -0.25) is 0 Å². The molecule has 30 heavy (non-hydrogen) atoms. The number of nitrogens with one attached hydrogen (secondary N) is 3. The fraction of sp³-hybridized carbons (Fsp3) is 0.381. The second-order valence-corrected chi connectivity index (χ2v) is 8.73. The molecular formula is C21H30FIN4O2S. The highest BCUT2D eigenvalue weighted by molar-refractivity contribution is 14.0. The second kappa shape index (κ2) is 12.9. The highest BCUT2D eigenvalue weighted by atomic mass is 127. The van der Waals surface area contributed by atoms with Gasteiger partial charge < -0.3 is 10.6 Å². The maximum Gasteiger partial charge on any atom is 0.216 e. The first-order chi connectivity index (χ1) is 13.8. The van der Waals surface area contributed by atoms with Gasteiger partial charge in [-0.05, 0) is 49.6 Å². The van der Waals surface area contributed by atoms with Gasteiger partial charge in [0.05, 0.1) is 12.3 Å². The molecule has 0 saturated carbocycles. The van der Waals surface area contributed by atoms with Crippen LogP contribution in [0.5, 0.6) is 0 Å². The molecule has 0 aliphatic rings. The summed E-state index contributed by atoms with van der Waals surface area (Å²) in [5, 5.41) is 6.36. The molecular weight excluding hydrogens is 518 g/mol. The van der Waals surface area contributed by atoms with E-state index in [1.807, 2.05) is 37.3 Å². The third-order valence-electron chi connectivity index (χ3n) is 3.98. The number of sulfonamides is 1. The van der Waals surface area contributed by atoms with Crippen LogP contribution in [0.1, 0.15) is 37.5 Å². The average molecular weight is 548 g/mol. The van der Waals surface area contributed by atoms with Gasteiger partial charge in [0.15, 0.2) is 5.96 Å². The molecule has 0 radical (unpaired) electrons. The molecule has 0 unspecified atom stereocenters. The Morgan fingerprint density at radius 2 is 1.77 bits per heavy atom. The summed E-state index contributed by atoms with van der Waals surface area (Å²) in [5.74, 6) is 0.204. The van der Waals surface area contributed by atoms with Gasteiger partial charge in [0.25, 0.3) is 0 Å². The number of aliphatic imine (C=N–C) groups is 1. The van der Waals surface area contributed by atoms with Crippen molar-refractivity contribution in [3.63, 3.8) is 0 Å². The van der Waals surface area contributed by atoms with Gasteiger partial charge in [-0.25, -0.2) is 22.5 Å². The fourth-order valence-corrected chi connectivity index (χ4v) is 4.30. The van der Waals surface area contributed by atoms with Gasteiger partial charge in [0.1, 0.15) is 5.82 Å². The summed E-state index contributed by atoms with van der Waals surface area (Å²) in [6, 6.07) is 13.6. The van der Waals surface area contributed by atoms with Crippen LogP contribution < -0.4 is 15.4 Å². The highest BCUT2D eigenvalue weighted by Crippen LogP contribution is 2.12. The van der Waals surface area contributed by atoms with Crippen molar-refractivity contribution in [1.82, 2.24) is 15.4 Å². The van der Waals surface area contributed by atoms with Gasteiger partial charge in [-0.15, -0.1) is 24.0 Å². The van der Waals surface area contributed by atoms with Crippen molar-refractivity contribution in [2.45, 2.75) is 45.7 Å². The van der Waals surface area contributed by atoms with Crippen LogP contribution in [0.2, 0.25) is 0 Å². The lowest BCUT2D eigenvalue weighted by atomic mass is 10.1. The zero-order valence-electron chi connectivity index (χ0n) is 17.5. The molecule has 0 spiro atoms. The number of hydrogen-bond donors (Lipinski definition) is 3. The molecule has 0 heterocycles. The summed E-state index contributed by atoms with van der Waals surface area (Å²) >= 11 is 0. The minimum atomic E-state index is -3.41. The highest BCUT2D eigenvalue weighted by Gasteiger charge is 2.15. The number of guanidine groups is 1. The number of benzene rings is 2. The summed E-state index contributed by atoms with van der Waals surface area (Å²) in [4.78, 5) is 4.48. The SMILES string of the molecule is CCNC(=NCc1cccc(F)c1)NCc1ccccc1CS(=O)(=O)NC(C)C.I. The molecule has 2 rings (SSSR count). The molecule has 6 nitrogen and oxygen atoms in total. The molecule has 0 fully saturated rings. The van der Waals surface area contributed by atoms with Gasteiger partial charge in [-0.1, -0.05) is 36.4 Å². The molecule has 0 amide bonds. The average Bonchev–Trinajstić information content (AvgIpc) is 2.63. The number of halogens is 2. The van der Waals surface area contributed by atoms with Crippen LogP contribution in [0.4, 0.5) is 4.39 Å². The Hall–Kier alpha value is -1.72. The Labute approximate surface area is 195 Å². The summed E-state index contributed by atoms with van der Waals surface area (Å²) in [6.07, 6.45) is 0. The quantitative estimate of drug-likeness (QED) is 0.255. The summed E-state index contributed by atoms with van der Waals surface area (Å²) in [6.45, 7) is 6.97. The molecule has 0 atom stereocenters. The van der Waals surface area contributed by atoms with Crippen molar-refractivity contribution >= 4 is 40.0 Å². The lowest BCUT2D eigenvalue weighted by molar-refractivity contribution is 0.568. The zero-order valence-corrected chi connectivity index (χ0v) is 20.6. The van der Waals surface area contributed by atoms with Crippen LogP contribution >= 0.6 is 24.0 Å². The van der Waals surface area contributed by atoms with Crippen molar-refractivity contribution in [1.29, 1.82) is 0 Å². The number of hydrogen-bond acceptors (Lipinski definition) is 3. The fourth-order valence-electron chi connectivity index (χ4n) is 2.80. The normalized spacial score (nSPS) is 11.8. The summed E-state index contributed by atoms with van der Waals surface area (Å²) in [7, 11) is -3.41. The minimum absolute atomic E-state index is 0. The van der Waals surface area contributed by atoms with E-state index in [4.69, 9.17) is 0 Å². The molecule has 0 aromatic heterocycles. The third kappa shape index (κ3) is 9.40. The molecule has 2 aromatic carbocycles. The maximum absolute atomic E-state index is 13.3. The Kier molecular flexibility index (Phi) is 11.3. The van der Waals surface area contributed by atoms with E-state index in [0.29, 0.717) is 25.6 Å². The monoisotopic (exact) mass is 548 g/mol. The molecule has 9 heteroatoms. The molecule has 166 valence electrons. The van der Waals surface area contributed by atoms with Gasteiger partial charge in [0.2, 0.25) is 10.0 Å². The summed E-state index contributed by atoms with van der Waals surface area (Å²) < 4.78 is 40.5. The van der Waals surface area contributed by atoms with E-state index < -0.39 is 10.0 Å². The Morgan fingerprint density at radius 3 is 2.40 bits per heavy atom. The Bertz CT molecular complexity index is 936. The number of nitrogens with zero attached hydrogens (tertiary/aromatic N) is 1. The minimum Gasteiger partial charge on any atom is -0.357 e. The maximum atomic E-state index is 13.3. The van der Waals surface area contributed by atoms with Gasteiger partial charge in [-0.2, -0.15) is 0 Å².